The molecule has 1 heterocycles. The minimum absolute atomic E-state index is 0.181. The number of anilines is 1. The molecule has 0 aliphatic carbocycles. The molecule has 2 N–H and O–H groups in total. The number of aryl methyl sites for hydroxylation is 1. The standard InChI is InChI=1S/C21H20ClN3OS2/c1-12(2)14-8-10-15(11-9-14)18-13(3)28-21(23-18)25-20(27)24-19(26)16-6-4-5-7-17(16)22/h4-12H,1-3H3,(H2,23,24,25,26,27). The number of nitrogens with zero attached hydrogens (tertiary/aromatic N) is 1. The van der Waals surface area contributed by atoms with Gasteiger partial charge in [0.25, 0.3) is 5.91 Å². The number of carbonyl (C=O) groups is 1. The summed E-state index contributed by atoms with van der Waals surface area (Å²) in [5, 5.41) is 6.81. The molecule has 3 rings (SSSR count). The summed E-state index contributed by atoms with van der Waals surface area (Å²) < 4.78 is 0. The number of hydrogen-bond donors (Lipinski definition) is 2. The molecule has 0 atom stereocenters. The van der Waals surface area contributed by atoms with Gasteiger partial charge in [0, 0.05) is 10.4 Å². The fourth-order valence-corrected chi connectivity index (χ4v) is 4.00. The van der Waals surface area contributed by atoms with Gasteiger partial charge in [-0.2, -0.15) is 0 Å². The molecular weight excluding hydrogens is 410 g/mol. The molecule has 0 radical (unpaired) electrons. The summed E-state index contributed by atoms with van der Waals surface area (Å²) in [5.41, 5.74) is 3.62. The zero-order valence-electron chi connectivity index (χ0n) is 15.7. The molecule has 0 fully saturated rings. The van der Waals surface area contributed by atoms with Crippen molar-refractivity contribution in [1.29, 1.82) is 0 Å². The highest BCUT2D eigenvalue weighted by atomic mass is 35.5. The third-order valence-electron chi connectivity index (χ3n) is 4.21. The number of halogens is 1. The van der Waals surface area contributed by atoms with Crippen LogP contribution >= 0.6 is 35.2 Å². The van der Waals surface area contributed by atoms with E-state index in [1.165, 1.54) is 16.9 Å². The van der Waals surface area contributed by atoms with Crippen molar-refractivity contribution in [3.63, 3.8) is 0 Å². The molecule has 2 aromatic carbocycles. The lowest BCUT2D eigenvalue weighted by molar-refractivity contribution is 0.0978. The maximum atomic E-state index is 12.3. The van der Waals surface area contributed by atoms with Crippen molar-refractivity contribution in [2.45, 2.75) is 26.7 Å². The van der Waals surface area contributed by atoms with E-state index in [0.717, 1.165) is 16.1 Å². The van der Waals surface area contributed by atoms with Crippen LogP contribution in [0, 0.1) is 6.92 Å². The van der Waals surface area contributed by atoms with Gasteiger partial charge < -0.3 is 5.32 Å². The lowest BCUT2D eigenvalue weighted by Gasteiger charge is -2.08. The highest BCUT2D eigenvalue weighted by Gasteiger charge is 2.14. The number of carbonyl (C=O) groups excluding carboxylic acids is 1. The number of thiazole rings is 1. The van der Waals surface area contributed by atoms with E-state index >= 15 is 0 Å². The summed E-state index contributed by atoms with van der Waals surface area (Å²) in [5.74, 6) is 0.128. The highest BCUT2D eigenvalue weighted by molar-refractivity contribution is 7.80. The summed E-state index contributed by atoms with van der Waals surface area (Å²) in [4.78, 5) is 18.0. The Bertz CT molecular complexity index is 1010. The first-order chi connectivity index (χ1) is 13.3. The Balaban J connectivity index is 1.70. The number of benzene rings is 2. The van der Waals surface area contributed by atoms with E-state index < -0.39 is 0 Å². The Hall–Kier alpha value is -2.28. The topological polar surface area (TPSA) is 54.0 Å². The van der Waals surface area contributed by atoms with E-state index in [1.54, 1.807) is 24.3 Å². The number of nitrogens with one attached hydrogen (secondary N) is 2. The van der Waals surface area contributed by atoms with E-state index in [0.29, 0.717) is 21.6 Å². The Kier molecular flexibility index (Phi) is 6.44. The SMILES string of the molecule is Cc1sc(NC(=S)NC(=O)c2ccccc2Cl)nc1-c1ccc(C(C)C)cc1. The lowest BCUT2D eigenvalue weighted by atomic mass is 10.0. The molecule has 0 spiro atoms. The lowest BCUT2D eigenvalue weighted by Crippen LogP contribution is -2.34. The van der Waals surface area contributed by atoms with Crippen LogP contribution in [0.25, 0.3) is 11.3 Å². The quantitative estimate of drug-likeness (QED) is 0.497. The average molecular weight is 430 g/mol. The van der Waals surface area contributed by atoms with E-state index in [2.05, 4.69) is 53.7 Å². The van der Waals surface area contributed by atoms with E-state index in [4.69, 9.17) is 23.8 Å². The molecule has 0 aliphatic heterocycles. The van der Waals surface area contributed by atoms with Gasteiger partial charge in [-0.25, -0.2) is 4.98 Å². The minimum Gasteiger partial charge on any atom is -0.308 e. The first-order valence-electron chi connectivity index (χ1n) is 8.79. The van der Waals surface area contributed by atoms with Gasteiger partial charge >= 0.3 is 0 Å². The van der Waals surface area contributed by atoms with Crippen molar-refractivity contribution in [2.75, 3.05) is 5.32 Å². The second-order valence-electron chi connectivity index (χ2n) is 6.59. The second kappa shape index (κ2) is 8.82. The molecule has 0 saturated carbocycles. The van der Waals surface area contributed by atoms with Crippen molar-refractivity contribution in [3.05, 3.63) is 69.6 Å². The number of amides is 1. The zero-order chi connectivity index (χ0) is 20.3. The van der Waals surface area contributed by atoms with Crippen LogP contribution in [0.5, 0.6) is 0 Å². The summed E-state index contributed by atoms with van der Waals surface area (Å²) in [7, 11) is 0. The summed E-state index contributed by atoms with van der Waals surface area (Å²) in [6.07, 6.45) is 0. The fraction of sp³-hybridized carbons (Fsp3) is 0.190. The van der Waals surface area contributed by atoms with Gasteiger partial charge in [-0.3, -0.25) is 10.1 Å². The molecule has 0 aliphatic rings. The number of aromatic nitrogens is 1. The molecule has 28 heavy (non-hydrogen) atoms. The van der Waals surface area contributed by atoms with Gasteiger partial charge in [0.2, 0.25) is 0 Å². The Morgan fingerprint density at radius 1 is 1.14 bits per heavy atom. The van der Waals surface area contributed by atoms with Crippen molar-refractivity contribution in [1.82, 2.24) is 10.3 Å². The molecule has 7 heteroatoms. The Labute approximate surface area is 179 Å². The first-order valence-corrected chi connectivity index (χ1v) is 10.4. The van der Waals surface area contributed by atoms with E-state index in [9.17, 15) is 4.79 Å². The van der Waals surface area contributed by atoms with Crippen LogP contribution in [0.15, 0.2) is 48.5 Å². The van der Waals surface area contributed by atoms with Crippen LogP contribution in [-0.2, 0) is 0 Å². The average Bonchev–Trinajstić information content (AvgIpc) is 3.01. The third kappa shape index (κ3) is 4.76. The van der Waals surface area contributed by atoms with Crippen LogP contribution < -0.4 is 10.6 Å². The van der Waals surface area contributed by atoms with Gasteiger partial charge in [0.15, 0.2) is 10.2 Å². The van der Waals surface area contributed by atoms with E-state index in [1.807, 2.05) is 6.92 Å². The van der Waals surface area contributed by atoms with Crippen molar-refractivity contribution in [3.8, 4) is 11.3 Å². The molecule has 3 aromatic rings. The summed E-state index contributed by atoms with van der Waals surface area (Å²) >= 11 is 12.8. The molecule has 144 valence electrons. The largest absolute Gasteiger partial charge is 0.308 e. The molecule has 1 amide bonds. The maximum Gasteiger partial charge on any atom is 0.258 e. The zero-order valence-corrected chi connectivity index (χ0v) is 18.1. The molecule has 0 saturated heterocycles. The van der Waals surface area contributed by atoms with Gasteiger partial charge in [-0.1, -0.05) is 61.8 Å². The van der Waals surface area contributed by atoms with Crippen molar-refractivity contribution < 1.29 is 4.79 Å². The predicted molar refractivity (Wildman–Crippen MR) is 122 cm³/mol. The van der Waals surface area contributed by atoms with Crippen molar-refractivity contribution in [2.24, 2.45) is 0 Å². The highest BCUT2D eigenvalue weighted by Crippen LogP contribution is 2.31. The van der Waals surface area contributed by atoms with E-state index in [-0.39, 0.29) is 11.0 Å². The van der Waals surface area contributed by atoms with Crippen molar-refractivity contribution >= 4 is 51.3 Å². The molecular formula is C21H20ClN3OS2. The van der Waals surface area contributed by atoms with Gasteiger partial charge in [-0.15, -0.1) is 11.3 Å². The Morgan fingerprint density at radius 3 is 2.46 bits per heavy atom. The number of thiocarbonyl (C=S) groups is 1. The summed E-state index contributed by atoms with van der Waals surface area (Å²) in [6, 6.07) is 15.2. The smallest absolute Gasteiger partial charge is 0.258 e. The minimum atomic E-state index is -0.360. The molecule has 0 unspecified atom stereocenters. The number of rotatable bonds is 4. The van der Waals surface area contributed by atoms with Gasteiger partial charge in [0.1, 0.15) is 0 Å². The predicted octanol–water partition coefficient (Wildman–Crippen LogP) is 6.02. The Morgan fingerprint density at radius 2 is 1.82 bits per heavy atom. The van der Waals surface area contributed by atoms with Crippen LogP contribution in [0.1, 0.15) is 40.6 Å². The normalized spacial score (nSPS) is 10.8. The van der Waals surface area contributed by atoms with Gasteiger partial charge in [-0.05, 0) is 42.8 Å². The molecule has 0 bridgehead atoms. The van der Waals surface area contributed by atoms with Crippen LogP contribution in [0.3, 0.4) is 0 Å². The maximum absolute atomic E-state index is 12.3. The fourth-order valence-electron chi connectivity index (χ4n) is 2.69. The van der Waals surface area contributed by atoms with Crippen LogP contribution in [-0.4, -0.2) is 16.0 Å². The number of hydrogen-bond acceptors (Lipinski definition) is 4. The monoisotopic (exact) mass is 429 g/mol. The first kappa shape index (κ1) is 20.5. The van der Waals surface area contributed by atoms with Gasteiger partial charge in [0.05, 0.1) is 16.3 Å². The van der Waals surface area contributed by atoms with Crippen LogP contribution in [0.2, 0.25) is 5.02 Å². The molecule has 4 nitrogen and oxygen atoms in total. The summed E-state index contributed by atoms with van der Waals surface area (Å²) in [6.45, 7) is 6.35. The second-order valence-corrected chi connectivity index (χ2v) is 8.61. The van der Waals surface area contributed by atoms with Crippen LogP contribution in [0.4, 0.5) is 5.13 Å². The molecule has 1 aromatic heterocycles. The third-order valence-corrected chi connectivity index (χ3v) is 5.63.